The van der Waals surface area contributed by atoms with E-state index in [1.807, 2.05) is 24.3 Å². The summed E-state index contributed by atoms with van der Waals surface area (Å²) in [7, 11) is 0. The number of hydrogen-bond acceptors (Lipinski definition) is 4. The Morgan fingerprint density at radius 1 is 0.380 bits per heavy atom. The van der Waals surface area contributed by atoms with Gasteiger partial charge in [-0.25, -0.2) is 9.97 Å². The molecular weight excluding hydrogens is 611 g/mol. The van der Waals surface area contributed by atoms with Crippen molar-refractivity contribution in [2.45, 2.75) is 0 Å². The average Bonchev–Trinajstić information content (AvgIpc) is 3.57. The van der Waals surface area contributed by atoms with Gasteiger partial charge in [0.1, 0.15) is 11.2 Å². The summed E-state index contributed by atoms with van der Waals surface area (Å²) in [5.41, 5.74) is 11.5. The van der Waals surface area contributed by atoms with Gasteiger partial charge in [-0.05, 0) is 58.8 Å². The summed E-state index contributed by atoms with van der Waals surface area (Å²) < 4.78 is 6.29. The molecule has 1 aliphatic heterocycles. The quantitative estimate of drug-likeness (QED) is 0.193. The van der Waals surface area contributed by atoms with Crippen molar-refractivity contribution in [2.75, 3.05) is 4.90 Å². The molecule has 0 saturated carbocycles. The van der Waals surface area contributed by atoms with Crippen molar-refractivity contribution in [3.05, 3.63) is 164 Å². The number of hydrogen-bond donors (Lipinski definition) is 0. The Bertz CT molecular complexity index is 3010. The predicted octanol–water partition coefficient (Wildman–Crippen LogP) is 12.6. The highest BCUT2D eigenvalue weighted by Gasteiger charge is 2.27. The molecule has 0 N–H and O–H groups in total. The first-order chi connectivity index (χ1) is 24.8. The minimum atomic E-state index is 0.692. The maximum atomic E-state index is 6.29. The minimum Gasteiger partial charge on any atom is -0.456 e. The molecule has 232 valence electrons. The Labute approximate surface area is 287 Å². The van der Waals surface area contributed by atoms with E-state index in [-0.39, 0.29) is 0 Å². The van der Waals surface area contributed by atoms with E-state index in [0.717, 1.165) is 66.1 Å². The summed E-state index contributed by atoms with van der Waals surface area (Å²) in [6, 6.07) is 57.8. The zero-order chi connectivity index (χ0) is 32.8. The van der Waals surface area contributed by atoms with Gasteiger partial charge >= 0.3 is 0 Å². The zero-order valence-corrected chi connectivity index (χ0v) is 26.8. The second kappa shape index (κ2) is 10.4. The van der Waals surface area contributed by atoms with Crippen molar-refractivity contribution >= 4 is 71.4 Å². The van der Waals surface area contributed by atoms with E-state index in [1.54, 1.807) is 0 Å². The van der Waals surface area contributed by atoms with Crippen LogP contribution in [0, 0.1) is 0 Å². The molecule has 2 aromatic heterocycles. The number of benzene rings is 8. The highest BCUT2D eigenvalue weighted by atomic mass is 16.3. The summed E-state index contributed by atoms with van der Waals surface area (Å²) in [5.74, 6) is 0.692. The molecule has 0 aliphatic carbocycles. The molecule has 11 rings (SSSR count). The second-order valence-corrected chi connectivity index (χ2v) is 12.9. The van der Waals surface area contributed by atoms with Crippen LogP contribution in [0.25, 0.3) is 88.2 Å². The predicted molar refractivity (Wildman–Crippen MR) is 206 cm³/mol. The molecule has 50 heavy (non-hydrogen) atoms. The highest BCUT2D eigenvalue weighted by molar-refractivity contribution is 6.17. The lowest BCUT2D eigenvalue weighted by Gasteiger charge is -2.34. The Hall–Kier alpha value is -6.78. The number of nitrogens with zero attached hydrogens (tertiary/aromatic N) is 3. The summed E-state index contributed by atoms with van der Waals surface area (Å²) in [6.45, 7) is 0. The van der Waals surface area contributed by atoms with Crippen molar-refractivity contribution in [3.8, 4) is 33.8 Å². The second-order valence-electron chi connectivity index (χ2n) is 12.9. The molecule has 0 radical (unpaired) electrons. The molecule has 0 atom stereocenters. The maximum Gasteiger partial charge on any atom is 0.161 e. The number of aromatic nitrogens is 2. The summed E-state index contributed by atoms with van der Waals surface area (Å²) >= 11 is 0. The van der Waals surface area contributed by atoms with E-state index in [1.165, 1.54) is 33.3 Å². The van der Waals surface area contributed by atoms with Gasteiger partial charge in [-0.15, -0.1) is 0 Å². The Balaban J connectivity index is 1.17. The molecule has 0 spiro atoms. The van der Waals surface area contributed by atoms with Gasteiger partial charge in [0.05, 0.1) is 28.3 Å². The van der Waals surface area contributed by atoms with Crippen molar-refractivity contribution in [1.82, 2.24) is 9.97 Å². The third-order valence-electron chi connectivity index (χ3n) is 10.2. The molecule has 10 aromatic rings. The molecule has 0 saturated heterocycles. The van der Waals surface area contributed by atoms with Gasteiger partial charge in [-0.2, -0.15) is 0 Å². The molecule has 0 unspecified atom stereocenters. The molecule has 8 aromatic carbocycles. The fraction of sp³-hybridized carbons (Fsp3) is 0. The van der Waals surface area contributed by atoms with E-state index in [0.29, 0.717) is 5.82 Å². The lowest BCUT2D eigenvalue weighted by Crippen LogP contribution is -2.15. The fourth-order valence-corrected chi connectivity index (χ4v) is 8.07. The highest BCUT2D eigenvalue weighted by Crippen LogP contribution is 2.52. The van der Waals surface area contributed by atoms with Crippen LogP contribution in [0.3, 0.4) is 0 Å². The van der Waals surface area contributed by atoms with Crippen LogP contribution in [0.15, 0.2) is 168 Å². The lowest BCUT2D eigenvalue weighted by atomic mass is 9.90. The van der Waals surface area contributed by atoms with Crippen LogP contribution < -0.4 is 4.90 Å². The van der Waals surface area contributed by atoms with E-state index >= 15 is 0 Å². The van der Waals surface area contributed by atoms with Crippen LogP contribution in [-0.4, -0.2) is 9.97 Å². The Morgan fingerprint density at radius 2 is 1.04 bits per heavy atom. The van der Waals surface area contributed by atoms with Gasteiger partial charge in [0.15, 0.2) is 5.82 Å². The van der Waals surface area contributed by atoms with E-state index in [4.69, 9.17) is 14.4 Å². The molecule has 0 amide bonds. The lowest BCUT2D eigenvalue weighted by molar-refractivity contribution is 0.669. The van der Waals surface area contributed by atoms with E-state index in [9.17, 15) is 0 Å². The fourth-order valence-electron chi connectivity index (χ4n) is 8.07. The summed E-state index contributed by atoms with van der Waals surface area (Å²) in [6.07, 6.45) is 0. The SMILES string of the molecule is c1ccc2c(c1)-c1cccc3cccc(c13)N2c1ccc(-c2nc(-c3cccc4oc5ccccc5c34)c3ccccc3n2)c2ccccc12. The van der Waals surface area contributed by atoms with E-state index in [2.05, 4.69) is 144 Å². The van der Waals surface area contributed by atoms with Crippen molar-refractivity contribution in [1.29, 1.82) is 0 Å². The average molecular weight is 638 g/mol. The Morgan fingerprint density at radius 3 is 1.96 bits per heavy atom. The van der Waals surface area contributed by atoms with Crippen molar-refractivity contribution < 1.29 is 4.42 Å². The molecule has 1 aliphatic rings. The van der Waals surface area contributed by atoms with Crippen LogP contribution >= 0.6 is 0 Å². The van der Waals surface area contributed by atoms with E-state index < -0.39 is 0 Å². The third kappa shape index (κ3) is 3.81. The standard InChI is InChI=1S/C46H27N3O/c1-2-15-30-29(14-1)33(26-27-39(30)49-38-22-7-4-16-31(38)32-19-9-12-28-13-10-23-40(49)43(28)32)46-47-37-21-6-3-17-34(37)45(48-46)36-20-11-25-42-44(36)35-18-5-8-24-41(35)50-42/h1-27H. The maximum absolute atomic E-state index is 6.29. The monoisotopic (exact) mass is 637 g/mol. The van der Waals surface area contributed by atoms with Gasteiger partial charge in [-0.3, -0.25) is 0 Å². The number of anilines is 3. The van der Waals surface area contributed by atoms with Crippen molar-refractivity contribution in [3.63, 3.8) is 0 Å². The molecule has 0 bridgehead atoms. The molecule has 3 heterocycles. The number of rotatable bonds is 3. The zero-order valence-electron chi connectivity index (χ0n) is 26.8. The number of furan rings is 1. The van der Waals surface area contributed by atoms with Crippen LogP contribution in [-0.2, 0) is 0 Å². The molecule has 4 nitrogen and oxygen atoms in total. The topological polar surface area (TPSA) is 42.2 Å². The normalized spacial score (nSPS) is 12.4. The van der Waals surface area contributed by atoms with Crippen LogP contribution in [0.1, 0.15) is 0 Å². The first-order valence-electron chi connectivity index (χ1n) is 16.9. The minimum absolute atomic E-state index is 0.692. The first kappa shape index (κ1) is 27.2. The molecular formula is C46H27N3O. The smallest absolute Gasteiger partial charge is 0.161 e. The summed E-state index contributed by atoms with van der Waals surface area (Å²) in [5, 5.41) is 7.89. The first-order valence-corrected chi connectivity index (χ1v) is 16.9. The van der Waals surface area contributed by atoms with Crippen LogP contribution in [0.5, 0.6) is 0 Å². The van der Waals surface area contributed by atoms with Crippen molar-refractivity contribution in [2.24, 2.45) is 0 Å². The van der Waals surface area contributed by atoms with Gasteiger partial charge in [0, 0.05) is 43.6 Å². The van der Waals surface area contributed by atoms with Gasteiger partial charge < -0.3 is 9.32 Å². The number of para-hydroxylation sites is 3. The summed E-state index contributed by atoms with van der Waals surface area (Å²) in [4.78, 5) is 13.0. The molecule has 4 heteroatoms. The largest absolute Gasteiger partial charge is 0.456 e. The van der Waals surface area contributed by atoms with Crippen LogP contribution in [0.4, 0.5) is 17.1 Å². The van der Waals surface area contributed by atoms with Gasteiger partial charge in [-0.1, -0.05) is 121 Å². The van der Waals surface area contributed by atoms with Gasteiger partial charge in [0.2, 0.25) is 0 Å². The van der Waals surface area contributed by atoms with Gasteiger partial charge in [0.25, 0.3) is 0 Å². The molecule has 0 fully saturated rings. The van der Waals surface area contributed by atoms with Crippen LogP contribution in [0.2, 0.25) is 0 Å². The number of fused-ring (bicyclic) bond motifs is 7. The third-order valence-corrected chi connectivity index (χ3v) is 10.2. The Kier molecular flexibility index (Phi) is 5.63.